The zero-order chi connectivity index (χ0) is 16.0. The number of nitrogens with one attached hydrogen (secondary N) is 1. The molecule has 122 valence electrons. The summed E-state index contributed by atoms with van der Waals surface area (Å²) in [5, 5.41) is 14.3. The molecule has 2 fully saturated rings. The first kappa shape index (κ1) is 14.4. The summed E-state index contributed by atoms with van der Waals surface area (Å²) in [6.45, 7) is 0.562. The van der Waals surface area contributed by atoms with Crippen molar-refractivity contribution in [2.75, 3.05) is 6.79 Å². The zero-order valence-corrected chi connectivity index (χ0v) is 12.6. The summed E-state index contributed by atoms with van der Waals surface area (Å²) in [7, 11) is 0. The summed E-state index contributed by atoms with van der Waals surface area (Å²) < 4.78 is 10.6. The van der Waals surface area contributed by atoms with E-state index in [4.69, 9.17) is 9.47 Å². The van der Waals surface area contributed by atoms with Gasteiger partial charge in [0.1, 0.15) is 0 Å². The van der Waals surface area contributed by atoms with Crippen LogP contribution in [-0.4, -0.2) is 18.7 Å². The number of carbonyl (C=O) groups is 2. The minimum absolute atomic E-state index is 0.103. The van der Waals surface area contributed by atoms with Crippen molar-refractivity contribution in [2.45, 2.75) is 25.8 Å². The van der Waals surface area contributed by atoms with Crippen molar-refractivity contribution in [2.24, 2.45) is 23.7 Å². The summed E-state index contributed by atoms with van der Waals surface area (Å²) in [5.41, 5.74) is 0.899. The molecule has 1 aliphatic heterocycles. The van der Waals surface area contributed by atoms with Crippen molar-refractivity contribution < 1.29 is 24.2 Å². The Morgan fingerprint density at radius 2 is 1.87 bits per heavy atom. The van der Waals surface area contributed by atoms with Crippen LogP contribution in [0.5, 0.6) is 11.5 Å². The fourth-order valence-electron chi connectivity index (χ4n) is 4.37. The summed E-state index contributed by atoms with van der Waals surface area (Å²) in [5.74, 6) is -0.691. The molecule has 6 nitrogen and oxygen atoms in total. The highest BCUT2D eigenvalue weighted by Gasteiger charge is 2.51. The highest BCUT2D eigenvalue weighted by atomic mass is 16.7. The van der Waals surface area contributed by atoms with E-state index in [-0.39, 0.29) is 24.5 Å². The second-order valence-electron chi connectivity index (χ2n) is 6.61. The smallest absolute Gasteiger partial charge is 0.231 e. The molecule has 0 spiro atoms. The predicted molar refractivity (Wildman–Crippen MR) is 77.2 cm³/mol. The number of carboxylic acids is 1. The molecule has 23 heavy (non-hydrogen) atoms. The van der Waals surface area contributed by atoms with Gasteiger partial charge in [-0.05, 0) is 48.8 Å². The van der Waals surface area contributed by atoms with Crippen LogP contribution in [0, 0.1) is 23.7 Å². The number of rotatable bonds is 4. The number of carbonyl (C=O) groups excluding carboxylic acids is 2. The number of benzene rings is 1. The summed E-state index contributed by atoms with van der Waals surface area (Å²) in [6.07, 6.45) is 2.67. The van der Waals surface area contributed by atoms with Gasteiger partial charge in [-0.3, -0.25) is 4.79 Å². The van der Waals surface area contributed by atoms with Crippen molar-refractivity contribution in [3.63, 3.8) is 0 Å². The average molecular weight is 316 g/mol. The second kappa shape index (κ2) is 5.44. The summed E-state index contributed by atoms with van der Waals surface area (Å²) >= 11 is 0. The van der Waals surface area contributed by atoms with Crippen LogP contribution in [-0.2, 0) is 16.1 Å². The molecule has 6 heteroatoms. The number of hydrogen-bond donors (Lipinski definition) is 1. The van der Waals surface area contributed by atoms with Crippen molar-refractivity contribution in [3.05, 3.63) is 23.8 Å². The molecule has 1 N–H and O–H groups in total. The van der Waals surface area contributed by atoms with Gasteiger partial charge in [-0.1, -0.05) is 6.07 Å². The van der Waals surface area contributed by atoms with Gasteiger partial charge in [0.25, 0.3) is 0 Å². The van der Waals surface area contributed by atoms with Crippen LogP contribution in [0.2, 0.25) is 0 Å². The molecule has 4 rings (SSSR count). The number of hydrogen-bond acceptors (Lipinski definition) is 5. The molecular formula is C17H18NO5-. The van der Waals surface area contributed by atoms with Crippen LogP contribution < -0.4 is 19.9 Å². The van der Waals surface area contributed by atoms with Gasteiger partial charge < -0.3 is 24.7 Å². The maximum absolute atomic E-state index is 12.5. The molecule has 0 radical (unpaired) electrons. The fraction of sp³-hybridized carbons (Fsp3) is 0.529. The molecule has 4 atom stereocenters. The normalized spacial score (nSPS) is 30.4. The molecule has 1 amide bonds. The van der Waals surface area contributed by atoms with Gasteiger partial charge >= 0.3 is 0 Å². The van der Waals surface area contributed by atoms with Crippen molar-refractivity contribution >= 4 is 11.9 Å². The summed E-state index contributed by atoms with van der Waals surface area (Å²) in [4.78, 5) is 23.9. The van der Waals surface area contributed by atoms with E-state index in [1.54, 1.807) is 0 Å². The Labute approximate surface area is 133 Å². The lowest BCUT2D eigenvalue weighted by atomic mass is 9.78. The topological polar surface area (TPSA) is 87.7 Å². The zero-order valence-electron chi connectivity index (χ0n) is 12.6. The number of fused-ring (bicyclic) bond motifs is 3. The van der Waals surface area contributed by atoms with Gasteiger partial charge in [-0.2, -0.15) is 0 Å². The van der Waals surface area contributed by atoms with Gasteiger partial charge in [-0.25, -0.2) is 0 Å². The molecule has 2 bridgehead atoms. The van der Waals surface area contributed by atoms with E-state index < -0.39 is 17.8 Å². The molecule has 1 heterocycles. The maximum atomic E-state index is 12.5. The molecule has 3 aliphatic rings. The Balaban J connectivity index is 1.43. The van der Waals surface area contributed by atoms with Gasteiger partial charge in [0.15, 0.2) is 11.5 Å². The minimum Gasteiger partial charge on any atom is -0.550 e. The lowest BCUT2D eigenvalue weighted by molar-refractivity contribution is -0.314. The second-order valence-corrected chi connectivity index (χ2v) is 6.61. The number of carboxylic acid groups (broad SMARTS) is 1. The van der Waals surface area contributed by atoms with Gasteiger partial charge in [-0.15, -0.1) is 0 Å². The largest absolute Gasteiger partial charge is 0.550 e. The third-order valence-corrected chi connectivity index (χ3v) is 5.40. The lowest BCUT2D eigenvalue weighted by Gasteiger charge is -2.30. The van der Waals surface area contributed by atoms with Crippen molar-refractivity contribution in [3.8, 4) is 11.5 Å². The molecule has 0 saturated heterocycles. The first-order valence-electron chi connectivity index (χ1n) is 8.00. The van der Waals surface area contributed by atoms with Crippen LogP contribution in [0.25, 0.3) is 0 Å². The van der Waals surface area contributed by atoms with Crippen LogP contribution in [0.15, 0.2) is 18.2 Å². The Morgan fingerprint density at radius 1 is 1.13 bits per heavy atom. The van der Waals surface area contributed by atoms with Crippen molar-refractivity contribution in [1.82, 2.24) is 5.32 Å². The van der Waals surface area contributed by atoms with Crippen LogP contribution in [0.3, 0.4) is 0 Å². The first-order chi connectivity index (χ1) is 11.1. The van der Waals surface area contributed by atoms with E-state index in [1.165, 1.54) is 0 Å². The number of aliphatic carboxylic acids is 1. The van der Waals surface area contributed by atoms with Crippen molar-refractivity contribution in [1.29, 1.82) is 0 Å². The molecule has 0 aromatic heterocycles. The average Bonchev–Trinajstić information content (AvgIpc) is 3.25. The summed E-state index contributed by atoms with van der Waals surface area (Å²) in [6, 6.07) is 5.51. The van der Waals surface area contributed by atoms with Gasteiger partial charge in [0.05, 0.1) is 0 Å². The Hall–Kier alpha value is -2.24. The van der Waals surface area contributed by atoms with Crippen LogP contribution in [0.1, 0.15) is 24.8 Å². The number of ether oxygens (including phenoxy) is 2. The van der Waals surface area contributed by atoms with E-state index in [0.29, 0.717) is 18.0 Å². The predicted octanol–water partition coefficient (Wildman–Crippen LogP) is 0.444. The maximum Gasteiger partial charge on any atom is 0.231 e. The third-order valence-electron chi connectivity index (χ3n) is 5.40. The molecule has 2 saturated carbocycles. The molecule has 0 unspecified atom stereocenters. The van der Waals surface area contributed by atoms with Crippen LogP contribution >= 0.6 is 0 Å². The van der Waals surface area contributed by atoms with E-state index in [2.05, 4.69) is 5.32 Å². The molecule has 1 aromatic rings. The monoisotopic (exact) mass is 316 g/mol. The van der Waals surface area contributed by atoms with E-state index in [0.717, 1.165) is 24.8 Å². The highest BCUT2D eigenvalue weighted by molar-refractivity contribution is 5.85. The van der Waals surface area contributed by atoms with Gasteiger partial charge in [0, 0.05) is 24.3 Å². The van der Waals surface area contributed by atoms with E-state index in [1.807, 2.05) is 18.2 Å². The number of amides is 1. The highest BCUT2D eigenvalue weighted by Crippen LogP contribution is 2.52. The van der Waals surface area contributed by atoms with E-state index >= 15 is 0 Å². The SMILES string of the molecule is O=C([O-])[C@H]1[C@H]2CC[C@H](C2)[C@@H]1C(=O)NCc1ccc2c(c1)OCO2. The molecule has 2 aliphatic carbocycles. The lowest BCUT2D eigenvalue weighted by Crippen LogP contribution is -2.45. The molecule has 1 aromatic carbocycles. The quantitative estimate of drug-likeness (QED) is 0.871. The Bertz CT molecular complexity index is 658. The van der Waals surface area contributed by atoms with Crippen LogP contribution in [0.4, 0.5) is 0 Å². The fourth-order valence-corrected chi connectivity index (χ4v) is 4.37. The Kier molecular flexibility index (Phi) is 3.39. The Morgan fingerprint density at radius 3 is 2.65 bits per heavy atom. The first-order valence-corrected chi connectivity index (χ1v) is 8.00. The third kappa shape index (κ3) is 2.42. The van der Waals surface area contributed by atoms with E-state index in [9.17, 15) is 14.7 Å². The minimum atomic E-state index is -1.08. The molecular weight excluding hydrogens is 298 g/mol. The van der Waals surface area contributed by atoms with Gasteiger partial charge in [0.2, 0.25) is 12.7 Å². The standard InChI is InChI=1S/C17H19NO5/c19-16(14-10-2-3-11(6-10)15(14)17(20)21)18-7-9-1-4-12-13(5-9)23-8-22-12/h1,4-5,10-11,14-15H,2-3,6-8H2,(H,18,19)(H,20,21)/p-1/t10-,11+,14+,15+/m1/s1.